The summed E-state index contributed by atoms with van der Waals surface area (Å²) < 4.78 is 0. The van der Waals surface area contributed by atoms with Crippen molar-refractivity contribution in [3.8, 4) is 12.5 Å². The molecule has 0 aliphatic carbocycles. The summed E-state index contributed by atoms with van der Waals surface area (Å²) in [6.45, 7) is 27.7. The van der Waals surface area contributed by atoms with Crippen molar-refractivity contribution in [1.29, 1.82) is 0 Å². The van der Waals surface area contributed by atoms with Crippen molar-refractivity contribution in [2.45, 2.75) is 98.2 Å². The summed E-state index contributed by atoms with van der Waals surface area (Å²) in [5.41, 5.74) is 5.85. The van der Waals surface area contributed by atoms with E-state index in [-0.39, 0.29) is 11.5 Å². The first kappa shape index (κ1) is 36.8. The molecule has 0 radical (unpaired) electrons. The van der Waals surface area contributed by atoms with Crippen molar-refractivity contribution in [3.05, 3.63) is 120 Å². The molecule has 0 saturated carbocycles. The Labute approximate surface area is 272 Å². The number of nitrogens with zero attached hydrogens (tertiary/aromatic N) is 1. The van der Waals surface area contributed by atoms with Crippen molar-refractivity contribution in [1.82, 2.24) is 20.9 Å². The minimum Gasteiger partial charge on any atom is -0.479 e. The van der Waals surface area contributed by atoms with E-state index in [4.69, 9.17) is 6.42 Å². The molecular formula is C39H54N4O2. The summed E-state index contributed by atoms with van der Waals surface area (Å²) in [5, 5.41) is 20.7. The van der Waals surface area contributed by atoms with E-state index in [9.17, 15) is 9.90 Å². The Kier molecular flexibility index (Phi) is 13.6. The standard InChI is InChI=1S/C39H54N4O2/c1-12-32-22-24-34(25-23-32)36(37(44)45)43(13-2)27-29(4)40-30(5)35(21-17-20-33-18-15-14-16-19-33)41-31(6)39(10,11)42-28(3)26-38(7,8)9/h2,14-16,18-19,22-25,27,35-36,40-42H,3,5-6,12,17,20-21,26H2,1,4,7-11H3,(H,44,45)/b29-27+. The lowest BCUT2D eigenvalue weighted by Crippen LogP contribution is -2.48. The first-order chi connectivity index (χ1) is 21.1. The van der Waals surface area contributed by atoms with Crippen LogP contribution in [0.4, 0.5) is 0 Å². The zero-order valence-corrected chi connectivity index (χ0v) is 28.5. The molecule has 0 aliphatic rings. The summed E-state index contributed by atoms with van der Waals surface area (Å²) in [5.74, 6) is -1.03. The first-order valence-corrected chi connectivity index (χ1v) is 15.7. The van der Waals surface area contributed by atoms with Gasteiger partial charge >= 0.3 is 5.97 Å². The molecule has 2 rings (SSSR count). The van der Waals surface area contributed by atoms with E-state index in [0.717, 1.165) is 54.8 Å². The number of allylic oxidation sites excluding steroid dienone is 2. The molecule has 2 aromatic carbocycles. The van der Waals surface area contributed by atoms with Gasteiger partial charge in [-0.2, -0.15) is 0 Å². The minimum atomic E-state index is -1.03. The summed E-state index contributed by atoms with van der Waals surface area (Å²) >= 11 is 0. The van der Waals surface area contributed by atoms with Gasteiger partial charge in [-0.1, -0.05) is 108 Å². The molecule has 0 saturated heterocycles. The van der Waals surface area contributed by atoms with E-state index in [1.54, 1.807) is 6.20 Å². The number of hydrogen-bond acceptors (Lipinski definition) is 5. The van der Waals surface area contributed by atoms with E-state index < -0.39 is 17.6 Å². The highest BCUT2D eigenvalue weighted by Gasteiger charge is 2.27. The average molecular weight is 611 g/mol. The molecule has 0 bridgehead atoms. The lowest BCUT2D eigenvalue weighted by molar-refractivity contribution is -0.141. The predicted molar refractivity (Wildman–Crippen MR) is 189 cm³/mol. The number of benzene rings is 2. The van der Waals surface area contributed by atoms with Gasteiger partial charge in [-0.25, -0.2) is 4.79 Å². The summed E-state index contributed by atoms with van der Waals surface area (Å²) in [6, 6.07) is 19.3. The number of rotatable bonds is 18. The van der Waals surface area contributed by atoms with Gasteiger partial charge in [-0.05, 0) is 75.0 Å². The molecule has 0 aromatic heterocycles. The molecule has 45 heavy (non-hydrogen) atoms. The second-order valence-corrected chi connectivity index (χ2v) is 13.5. The number of aliphatic carboxylic acids is 1. The summed E-state index contributed by atoms with van der Waals surface area (Å²) in [4.78, 5) is 13.7. The molecule has 2 unspecified atom stereocenters. The smallest absolute Gasteiger partial charge is 0.332 e. The number of terminal acetylenes is 1. The zero-order valence-electron chi connectivity index (χ0n) is 28.5. The summed E-state index contributed by atoms with van der Waals surface area (Å²) in [7, 11) is 0. The molecule has 0 amide bonds. The van der Waals surface area contributed by atoms with Crippen LogP contribution in [0.25, 0.3) is 0 Å². The van der Waals surface area contributed by atoms with Crippen molar-refractivity contribution in [3.63, 3.8) is 0 Å². The monoisotopic (exact) mass is 610 g/mol. The molecule has 2 atom stereocenters. The largest absolute Gasteiger partial charge is 0.479 e. The number of carbonyl (C=O) groups is 1. The van der Waals surface area contributed by atoms with Crippen LogP contribution < -0.4 is 16.0 Å². The Morgan fingerprint density at radius 2 is 1.64 bits per heavy atom. The van der Waals surface area contributed by atoms with E-state index in [1.807, 2.05) is 37.3 Å². The van der Waals surface area contributed by atoms with E-state index in [0.29, 0.717) is 11.3 Å². The van der Waals surface area contributed by atoms with E-state index in [2.05, 4.69) is 108 Å². The van der Waals surface area contributed by atoms with Crippen LogP contribution in [0.2, 0.25) is 0 Å². The molecule has 2 aromatic rings. The molecule has 4 N–H and O–H groups in total. The number of nitrogens with one attached hydrogen (secondary N) is 3. The number of carboxylic acid groups (broad SMARTS) is 1. The van der Waals surface area contributed by atoms with Crippen molar-refractivity contribution in [2.24, 2.45) is 5.41 Å². The van der Waals surface area contributed by atoms with Gasteiger partial charge in [0.1, 0.15) is 0 Å². The van der Waals surface area contributed by atoms with Crippen LogP contribution >= 0.6 is 0 Å². The summed E-state index contributed by atoms with van der Waals surface area (Å²) in [6.07, 6.45) is 11.8. The third kappa shape index (κ3) is 12.3. The molecule has 6 heteroatoms. The molecular weight excluding hydrogens is 556 g/mol. The normalized spacial score (nSPS) is 13.2. The molecule has 0 heterocycles. The van der Waals surface area contributed by atoms with Crippen LogP contribution in [0.15, 0.2) is 103 Å². The lowest BCUT2D eigenvalue weighted by Gasteiger charge is -2.36. The van der Waals surface area contributed by atoms with Gasteiger partial charge in [0.25, 0.3) is 0 Å². The van der Waals surface area contributed by atoms with Gasteiger partial charge in [-0.15, -0.1) is 0 Å². The quantitative estimate of drug-likeness (QED) is 0.101. The fourth-order valence-electron chi connectivity index (χ4n) is 5.21. The van der Waals surface area contributed by atoms with Crippen LogP contribution in [0.1, 0.15) is 90.5 Å². The number of carboxylic acids is 1. The third-order valence-corrected chi connectivity index (χ3v) is 7.61. The maximum Gasteiger partial charge on any atom is 0.332 e. The highest BCUT2D eigenvalue weighted by Crippen LogP contribution is 2.26. The van der Waals surface area contributed by atoms with Gasteiger partial charge < -0.3 is 21.1 Å². The van der Waals surface area contributed by atoms with Crippen LogP contribution in [-0.2, 0) is 17.6 Å². The molecule has 242 valence electrons. The maximum atomic E-state index is 12.3. The van der Waals surface area contributed by atoms with Gasteiger partial charge in [0, 0.05) is 35.0 Å². The fourth-order valence-corrected chi connectivity index (χ4v) is 5.21. The fraction of sp³-hybridized carbons (Fsp3) is 0.410. The highest BCUT2D eigenvalue weighted by atomic mass is 16.4. The average Bonchev–Trinajstić information content (AvgIpc) is 2.95. The van der Waals surface area contributed by atoms with Crippen LogP contribution in [-0.4, -0.2) is 27.6 Å². The first-order valence-electron chi connectivity index (χ1n) is 15.7. The lowest BCUT2D eigenvalue weighted by atomic mass is 9.89. The van der Waals surface area contributed by atoms with Crippen molar-refractivity contribution in [2.75, 3.05) is 0 Å². The minimum absolute atomic E-state index is 0.113. The predicted octanol–water partition coefficient (Wildman–Crippen LogP) is 8.04. The van der Waals surface area contributed by atoms with E-state index >= 15 is 0 Å². The Balaban J connectivity index is 2.25. The molecule has 0 spiro atoms. The SMILES string of the molecule is C#CN(/C=C(\C)NC(=C)C(CCCc1ccccc1)NC(=C)C(C)(C)NC(=C)CC(C)(C)C)C(C(=O)O)c1ccc(CC)cc1. The van der Waals surface area contributed by atoms with Gasteiger partial charge in [0.2, 0.25) is 0 Å². The molecule has 6 nitrogen and oxygen atoms in total. The van der Waals surface area contributed by atoms with Gasteiger partial charge in [0.15, 0.2) is 6.04 Å². The number of hydrogen-bond donors (Lipinski definition) is 4. The van der Waals surface area contributed by atoms with Gasteiger partial charge in [-0.3, -0.25) is 4.90 Å². The van der Waals surface area contributed by atoms with E-state index in [1.165, 1.54) is 10.5 Å². The molecule has 0 fully saturated rings. The van der Waals surface area contributed by atoms with Crippen LogP contribution in [0.5, 0.6) is 0 Å². The Bertz CT molecular complexity index is 1370. The highest BCUT2D eigenvalue weighted by molar-refractivity contribution is 5.76. The van der Waals surface area contributed by atoms with Gasteiger partial charge in [0.05, 0.1) is 11.6 Å². The molecule has 0 aliphatic heterocycles. The third-order valence-electron chi connectivity index (χ3n) is 7.61. The zero-order chi connectivity index (χ0) is 33.8. The Morgan fingerprint density at radius 3 is 2.18 bits per heavy atom. The van der Waals surface area contributed by atoms with Crippen molar-refractivity contribution >= 4 is 5.97 Å². The van der Waals surface area contributed by atoms with Crippen LogP contribution in [0, 0.1) is 17.9 Å². The van der Waals surface area contributed by atoms with Crippen molar-refractivity contribution < 1.29 is 9.90 Å². The maximum absolute atomic E-state index is 12.3. The Hall–Kier alpha value is -4.37. The second kappa shape index (κ2) is 16.6. The number of aryl methyl sites for hydroxylation is 2. The second-order valence-electron chi connectivity index (χ2n) is 13.5. The topological polar surface area (TPSA) is 76.6 Å². The Morgan fingerprint density at radius 1 is 1.02 bits per heavy atom. The van der Waals surface area contributed by atoms with Crippen LogP contribution in [0.3, 0.4) is 0 Å².